The third-order valence-electron chi connectivity index (χ3n) is 4.65. The number of ether oxygens (including phenoxy) is 4. The summed E-state index contributed by atoms with van der Waals surface area (Å²) >= 11 is 0. The minimum Gasteiger partial charge on any atom is -0.495 e. The number of carbonyl (C=O) groups excluding carboxylic acids is 1. The summed E-state index contributed by atoms with van der Waals surface area (Å²) in [5.74, 6) is 2.47. The number of nitrogens with zero attached hydrogens (tertiary/aromatic N) is 1. The fourth-order valence-electron chi connectivity index (χ4n) is 3.17. The number of ketones is 1. The zero-order chi connectivity index (χ0) is 20.3. The van der Waals surface area contributed by atoms with Crippen LogP contribution in [-0.4, -0.2) is 40.9 Å². The summed E-state index contributed by atoms with van der Waals surface area (Å²) in [6.07, 6.45) is 2.43. The quantitative estimate of drug-likeness (QED) is 0.528. The van der Waals surface area contributed by atoms with Gasteiger partial charge in [0, 0.05) is 30.8 Å². The van der Waals surface area contributed by atoms with E-state index in [1.165, 1.54) is 0 Å². The molecular formula is C22H25NO5. The van der Waals surface area contributed by atoms with Crippen LogP contribution in [-0.2, 0) is 0 Å². The van der Waals surface area contributed by atoms with Crippen molar-refractivity contribution >= 4 is 17.5 Å². The van der Waals surface area contributed by atoms with Crippen LogP contribution in [0.1, 0.15) is 29.3 Å². The van der Waals surface area contributed by atoms with Gasteiger partial charge in [0.25, 0.3) is 0 Å². The molecular weight excluding hydrogens is 358 g/mol. The van der Waals surface area contributed by atoms with Gasteiger partial charge in [0.2, 0.25) is 12.5 Å². The zero-order valence-corrected chi connectivity index (χ0v) is 16.9. The number of anilines is 1. The van der Waals surface area contributed by atoms with E-state index >= 15 is 0 Å². The van der Waals surface area contributed by atoms with Gasteiger partial charge in [-0.05, 0) is 42.8 Å². The van der Waals surface area contributed by atoms with Gasteiger partial charge in [-0.25, -0.2) is 0 Å². The second kappa shape index (κ2) is 8.25. The number of hydrogen-bond donors (Lipinski definition) is 0. The molecule has 148 valence electrons. The highest BCUT2D eigenvalue weighted by molar-refractivity contribution is 6.12. The summed E-state index contributed by atoms with van der Waals surface area (Å²) in [6.45, 7) is 2.12. The van der Waals surface area contributed by atoms with Crippen LogP contribution in [0.4, 0.5) is 5.69 Å². The number of fused-ring (bicyclic) bond motifs is 1. The van der Waals surface area contributed by atoms with E-state index in [1.807, 2.05) is 56.3 Å². The maximum Gasteiger partial charge on any atom is 0.231 e. The van der Waals surface area contributed by atoms with E-state index in [2.05, 4.69) is 0 Å². The largest absolute Gasteiger partial charge is 0.495 e. The number of methoxy groups -OCH3 is 2. The first kappa shape index (κ1) is 19.6. The lowest BCUT2D eigenvalue weighted by atomic mass is 9.97. The number of Topliss-reactive ketones (excluding diaryl/α,β-unsaturated/α-hetero) is 1. The summed E-state index contributed by atoms with van der Waals surface area (Å²) in [4.78, 5) is 15.1. The number of benzene rings is 2. The lowest BCUT2D eigenvalue weighted by molar-refractivity contribution is 0.103. The van der Waals surface area contributed by atoms with Gasteiger partial charge in [-0.15, -0.1) is 0 Å². The van der Waals surface area contributed by atoms with Crippen LogP contribution in [0.5, 0.6) is 23.0 Å². The molecule has 6 heteroatoms. The molecule has 0 radical (unpaired) electrons. The molecule has 1 aliphatic heterocycles. The van der Waals surface area contributed by atoms with Gasteiger partial charge in [0.05, 0.1) is 19.9 Å². The Morgan fingerprint density at radius 2 is 1.93 bits per heavy atom. The maximum absolute atomic E-state index is 13.2. The van der Waals surface area contributed by atoms with E-state index in [-0.39, 0.29) is 12.6 Å². The molecule has 0 aliphatic carbocycles. The first-order valence-electron chi connectivity index (χ1n) is 9.07. The predicted octanol–water partition coefficient (Wildman–Crippen LogP) is 4.17. The van der Waals surface area contributed by atoms with Crippen molar-refractivity contribution in [3.05, 3.63) is 47.0 Å². The van der Waals surface area contributed by atoms with Crippen LogP contribution in [0.2, 0.25) is 0 Å². The Kier molecular flexibility index (Phi) is 5.78. The maximum atomic E-state index is 13.2. The summed E-state index contributed by atoms with van der Waals surface area (Å²) in [6, 6.07) is 9.15. The average Bonchev–Trinajstić information content (AvgIpc) is 3.19. The monoisotopic (exact) mass is 383 g/mol. The smallest absolute Gasteiger partial charge is 0.231 e. The molecule has 3 rings (SSSR count). The Morgan fingerprint density at radius 3 is 2.57 bits per heavy atom. The third-order valence-corrected chi connectivity index (χ3v) is 4.65. The molecule has 6 nitrogen and oxygen atoms in total. The minimum atomic E-state index is -0.0343. The van der Waals surface area contributed by atoms with Crippen LogP contribution in [0.3, 0.4) is 0 Å². The minimum absolute atomic E-state index is 0.0343. The van der Waals surface area contributed by atoms with Crippen LogP contribution in [0, 0.1) is 0 Å². The summed E-state index contributed by atoms with van der Waals surface area (Å²) in [5, 5.41) is 0. The van der Waals surface area contributed by atoms with E-state index in [0.717, 1.165) is 17.0 Å². The molecule has 0 fully saturated rings. The molecule has 0 saturated carbocycles. The Morgan fingerprint density at radius 1 is 1.14 bits per heavy atom. The van der Waals surface area contributed by atoms with Crippen LogP contribution in [0.25, 0.3) is 6.08 Å². The number of carbonyl (C=O) groups is 1. The molecule has 1 aliphatic rings. The standard InChI is InChI=1S/C22H25NO5/c1-6-14(11-16-8-10-19-22(21(16)26-5)28-13-27-19)20(24)15-7-9-18(25-4)17(12-15)23(2)3/h7-12H,6,13H2,1-5H3/b14-11+. The number of rotatable bonds is 7. The molecule has 0 aromatic heterocycles. The van der Waals surface area contributed by atoms with E-state index < -0.39 is 0 Å². The predicted molar refractivity (Wildman–Crippen MR) is 109 cm³/mol. The van der Waals surface area contributed by atoms with Crippen molar-refractivity contribution in [2.24, 2.45) is 0 Å². The molecule has 0 bridgehead atoms. The summed E-state index contributed by atoms with van der Waals surface area (Å²) < 4.78 is 21.8. The van der Waals surface area contributed by atoms with Crippen LogP contribution >= 0.6 is 0 Å². The third kappa shape index (κ3) is 3.63. The van der Waals surface area contributed by atoms with Crippen molar-refractivity contribution in [1.82, 2.24) is 0 Å². The molecule has 0 atom stereocenters. The highest BCUT2D eigenvalue weighted by Crippen LogP contribution is 2.44. The van der Waals surface area contributed by atoms with Crippen LogP contribution < -0.4 is 23.8 Å². The highest BCUT2D eigenvalue weighted by atomic mass is 16.7. The van der Waals surface area contributed by atoms with E-state index in [4.69, 9.17) is 18.9 Å². The summed E-state index contributed by atoms with van der Waals surface area (Å²) in [5.41, 5.74) is 2.91. The molecule has 0 amide bonds. The van der Waals surface area contributed by atoms with Gasteiger partial charge in [-0.1, -0.05) is 6.92 Å². The van der Waals surface area contributed by atoms with Gasteiger partial charge in [0.15, 0.2) is 17.3 Å². The number of hydrogen-bond acceptors (Lipinski definition) is 6. The van der Waals surface area contributed by atoms with Crippen molar-refractivity contribution in [2.45, 2.75) is 13.3 Å². The van der Waals surface area contributed by atoms with E-state index in [9.17, 15) is 4.79 Å². The first-order valence-corrected chi connectivity index (χ1v) is 9.07. The van der Waals surface area contributed by atoms with Crippen molar-refractivity contribution in [1.29, 1.82) is 0 Å². The number of allylic oxidation sites excluding steroid dienone is 1. The van der Waals surface area contributed by atoms with Crippen molar-refractivity contribution < 1.29 is 23.7 Å². The van der Waals surface area contributed by atoms with E-state index in [1.54, 1.807) is 20.3 Å². The highest BCUT2D eigenvalue weighted by Gasteiger charge is 2.22. The van der Waals surface area contributed by atoms with Crippen molar-refractivity contribution in [3.8, 4) is 23.0 Å². The molecule has 0 unspecified atom stereocenters. The molecule has 1 heterocycles. The first-order chi connectivity index (χ1) is 13.5. The van der Waals surface area contributed by atoms with Gasteiger partial charge in [0.1, 0.15) is 5.75 Å². The zero-order valence-electron chi connectivity index (χ0n) is 16.9. The second-order valence-electron chi connectivity index (χ2n) is 6.56. The Balaban J connectivity index is 2.00. The molecule has 2 aromatic rings. The van der Waals surface area contributed by atoms with Crippen molar-refractivity contribution in [2.75, 3.05) is 40.0 Å². The Bertz CT molecular complexity index is 917. The van der Waals surface area contributed by atoms with Gasteiger partial charge >= 0.3 is 0 Å². The average molecular weight is 383 g/mol. The molecule has 0 saturated heterocycles. The lowest BCUT2D eigenvalue weighted by Crippen LogP contribution is -2.12. The molecule has 0 spiro atoms. The van der Waals surface area contributed by atoms with E-state index in [0.29, 0.717) is 34.8 Å². The van der Waals surface area contributed by atoms with Gasteiger partial charge in [-0.2, -0.15) is 0 Å². The molecule has 0 N–H and O–H groups in total. The van der Waals surface area contributed by atoms with Gasteiger partial charge in [-0.3, -0.25) is 4.79 Å². The fraction of sp³-hybridized carbons (Fsp3) is 0.318. The van der Waals surface area contributed by atoms with Crippen LogP contribution in [0.15, 0.2) is 35.9 Å². The summed E-state index contributed by atoms with van der Waals surface area (Å²) in [7, 11) is 7.03. The van der Waals surface area contributed by atoms with Gasteiger partial charge < -0.3 is 23.8 Å². The topological polar surface area (TPSA) is 57.2 Å². The lowest BCUT2D eigenvalue weighted by Gasteiger charge is -2.18. The Labute approximate surface area is 165 Å². The second-order valence-corrected chi connectivity index (χ2v) is 6.56. The molecule has 28 heavy (non-hydrogen) atoms. The normalized spacial score (nSPS) is 12.7. The molecule has 2 aromatic carbocycles. The fourth-order valence-corrected chi connectivity index (χ4v) is 3.17. The Hall–Kier alpha value is -3.15. The van der Waals surface area contributed by atoms with Crippen molar-refractivity contribution in [3.63, 3.8) is 0 Å². The SMILES string of the molecule is CC/C(=C\c1ccc2c(c1OC)OCO2)C(=O)c1ccc(OC)c(N(C)C)c1.